The van der Waals surface area contributed by atoms with Gasteiger partial charge in [-0.15, -0.1) is 0 Å². The fraction of sp³-hybridized carbons (Fsp3) is 0.225. The van der Waals surface area contributed by atoms with Crippen molar-refractivity contribution in [1.82, 2.24) is 0 Å². The molecule has 5 aromatic rings. The number of nitrogens with zero attached hydrogens (tertiary/aromatic N) is 2. The lowest BCUT2D eigenvalue weighted by Crippen LogP contribution is -2.37. The largest absolute Gasteiger partial charge is 0.487 e. The summed E-state index contributed by atoms with van der Waals surface area (Å²) < 4.78 is 9.93. The molecule has 0 fully saturated rings. The lowest BCUT2D eigenvalue weighted by Gasteiger charge is -2.31. The van der Waals surface area contributed by atoms with Crippen molar-refractivity contribution in [1.29, 1.82) is 0 Å². The van der Waals surface area contributed by atoms with E-state index in [2.05, 4.69) is 152 Å². The number of aromatic nitrogens is 1. The molecule has 2 heterocycles. The summed E-state index contributed by atoms with van der Waals surface area (Å²) in [4.78, 5) is 3.79. The first-order valence-electron chi connectivity index (χ1n) is 15.8. The minimum Gasteiger partial charge on any atom is -0.487 e. The van der Waals surface area contributed by atoms with Crippen molar-refractivity contribution < 1.29 is 9.30 Å². The van der Waals surface area contributed by atoms with Crippen LogP contribution in [-0.2, 0) is 6.54 Å². The second kappa shape index (κ2) is 12.7. The van der Waals surface area contributed by atoms with E-state index in [1.807, 2.05) is 23.1 Å². The lowest BCUT2D eigenvalue weighted by atomic mass is 9.75. The molecule has 0 amide bonds. The van der Waals surface area contributed by atoms with E-state index in [1.54, 1.807) is 0 Å². The number of hydrogen-bond acceptors (Lipinski definition) is 4. The van der Waals surface area contributed by atoms with Crippen molar-refractivity contribution in [2.45, 2.75) is 45.1 Å². The molecule has 0 spiro atoms. The van der Waals surface area contributed by atoms with E-state index in [9.17, 15) is 0 Å². The van der Waals surface area contributed by atoms with Gasteiger partial charge in [0.2, 0.25) is 5.52 Å². The van der Waals surface area contributed by atoms with E-state index in [0.717, 1.165) is 31.7 Å². The number of para-hydroxylation sites is 2. The maximum absolute atomic E-state index is 6.25. The summed E-state index contributed by atoms with van der Waals surface area (Å²) in [5.74, 6) is 0.912. The maximum Gasteiger partial charge on any atom is 0.262 e. The van der Waals surface area contributed by atoms with Crippen molar-refractivity contribution in [2.75, 3.05) is 18.1 Å². The summed E-state index contributed by atoms with van der Waals surface area (Å²) in [6.07, 6.45) is 13.8. The average Bonchev–Trinajstić information content (AvgIpc) is 3.57. The maximum atomic E-state index is 6.25. The van der Waals surface area contributed by atoms with Crippen LogP contribution in [-0.4, -0.2) is 13.2 Å². The quantitative estimate of drug-likeness (QED) is 0.159. The molecule has 5 heteroatoms. The standard InChI is InChI=1S/C40H39N2OS2/c1-4-41-34-15-7-9-17-36(34)45-39(41)25-30-24-29(27-40(2,3)28-30)12-11-19-38-42(35-16-8-10-18-37(35)44-38)22-23-43-33-21-20-31-13-5-6-14-32(31)26-33/h5-21,24-26H,4,22-23,27-28H2,1-3H3/q+1. The number of benzene rings is 4. The van der Waals surface area contributed by atoms with E-state index < -0.39 is 0 Å². The first-order valence-corrected chi connectivity index (χ1v) is 17.5. The Morgan fingerprint density at radius 3 is 2.60 bits per heavy atom. The smallest absolute Gasteiger partial charge is 0.262 e. The third-order valence-corrected chi connectivity index (χ3v) is 10.7. The van der Waals surface area contributed by atoms with E-state index in [-0.39, 0.29) is 5.41 Å². The molecule has 226 valence electrons. The molecule has 0 atom stereocenters. The minimum atomic E-state index is 0.214. The molecule has 1 aromatic heterocycles. The summed E-state index contributed by atoms with van der Waals surface area (Å²) in [6, 6.07) is 32.1. The highest BCUT2D eigenvalue weighted by atomic mass is 32.2. The van der Waals surface area contributed by atoms with Gasteiger partial charge >= 0.3 is 0 Å². The van der Waals surface area contributed by atoms with Gasteiger partial charge in [0.05, 0.1) is 10.7 Å². The van der Waals surface area contributed by atoms with Gasteiger partial charge in [0.15, 0.2) is 6.54 Å². The molecule has 1 aliphatic carbocycles. The molecule has 0 N–H and O–H groups in total. The van der Waals surface area contributed by atoms with Crippen LogP contribution < -0.4 is 14.2 Å². The van der Waals surface area contributed by atoms with Gasteiger partial charge < -0.3 is 9.64 Å². The number of ether oxygens (including phenoxy) is 1. The predicted molar refractivity (Wildman–Crippen MR) is 193 cm³/mol. The van der Waals surface area contributed by atoms with Crippen molar-refractivity contribution in [3.8, 4) is 5.75 Å². The third-order valence-electron chi connectivity index (χ3n) is 8.49. The van der Waals surface area contributed by atoms with Crippen LogP contribution in [0.5, 0.6) is 5.75 Å². The zero-order valence-electron chi connectivity index (χ0n) is 26.2. The predicted octanol–water partition coefficient (Wildman–Crippen LogP) is 10.6. The van der Waals surface area contributed by atoms with Crippen LogP contribution in [0.4, 0.5) is 5.69 Å². The fourth-order valence-electron chi connectivity index (χ4n) is 6.53. The average molecular weight is 628 g/mol. The van der Waals surface area contributed by atoms with Gasteiger partial charge in [-0.1, -0.05) is 110 Å². The summed E-state index contributed by atoms with van der Waals surface area (Å²) in [6.45, 7) is 9.38. The Morgan fingerprint density at radius 1 is 0.911 bits per heavy atom. The van der Waals surface area contributed by atoms with Crippen LogP contribution in [0.25, 0.3) is 27.1 Å². The zero-order valence-corrected chi connectivity index (χ0v) is 27.8. The van der Waals surface area contributed by atoms with Gasteiger partial charge in [-0.05, 0) is 83.5 Å². The van der Waals surface area contributed by atoms with Crippen LogP contribution >= 0.6 is 23.1 Å². The van der Waals surface area contributed by atoms with Gasteiger partial charge in [-0.2, -0.15) is 4.57 Å². The molecule has 0 radical (unpaired) electrons. The molecule has 3 nitrogen and oxygen atoms in total. The number of rotatable bonds is 8. The Morgan fingerprint density at radius 2 is 1.71 bits per heavy atom. The first kappa shape index (κ1) is 29.6. The summed E-state index contributed by atoms with van der Waals surface area (Å²) in [7, 11) is 0. The molecule has 0 unspecified atom stereocenters. The molecule has 2 aliphatic rings. The van der Waals surface area contributed by atoms with Crippen LogP contribution in [0.15, 0.2) is 136 Å². The molecule has 0 saturated heterocycles. The molecular formula is C40H39N2OS2+. The Balaban J connectivity index is 1.11. The second-order valence-corrected chi connectivity index (χ2v) is 14.7. The molecular weight excluding hydrogens is 589 g/mol. The topological polar surface area (TPSA) is 16.4 Å². The summed E-state index contributed by atoms with van der Waals surface area (Å²) >= 11 is 3.72. The lowest BCUT2D eigenvalue weighted by molar-refractivity contribution is -0.669. The number of thiazole rings is 1. The highest BCUT2D eigenvalue weighted by molar-refractivity contribution is 8.03. The molecule has 4 aromatic carbocycles. The van der Waals surface area contributed by atoms with Gasteiger partial charge in [0.1, 0.15) is 17.1 Å². The minimum absolute atomic E-state index is 0.214. The number of anilines is 1. The molecule has 7 rings (SSSR count). The van der Waals surface area contributed by atoms with E-state index >= 15 is 0 Å². The van der Waals surface area contributed by atoms with E-state index in [1.165, 1.54) is 52.8 Å². The van der Waals surface area contributed by atoms with Gasteiger partial charge in [-0.25, -0.2) is 0 Å². The molecule has 1 aliphatic heterocycles. The van der Waals surface area contributed by atoms with Gasteiger partial charge in [0, 0.05) is 23.6 Å². The Labute approximate surface area is 274 Å². The number of hydrogen-bond donors (Lipinski definition) is 0. The summed E-state index contributed by atoms with van der Waals surface area (Å²) in [5, 5.41) is 5.00. The molecule has 45 heavy (non-hydrogen) atoms. The van der Waals surface area contributed by atoms with E-state index in [4.69, 9.17) is 4.74 Å². The normalized spacial score (nSPS) is 17.9. The van der Waals surface area contributed by atoms with Crippen LogP contribution in [0, 0.1) is 5.41 Å². The van der Waals surface area contributed by atoms with Crippen LogP contribution in [0.2, 0.25) is 0 Å². The molecule has 0 saturated carbocycles. The van der Waals surface area contributed by atoms with E-state index in [0.29, 0.717) is 6.61 Å². The SMILES string of the molecule is CCN1/C(=C/C2=CC(=C\C=C\c3sc4ccccc4[n+]3CCOc3ccc4ccccc4c3)/CC(C)(C)C2)Sc2ccccc21. The highest BCUT2D eigenvalue weighted by Gasteiger charge is 2.28. The summed E-state index contributed by atoms with van der Waals surface area (Å²) in [5.41, 5.74) is 5.57. The van der Waals surface area contributed by atoms with Gasteiger partial charge in [-0.3, -0.25) is 0 Å². The van der Waals surface area contributed by atoms with Crippen molar-refractivity contribution in [2.24, 2.45) is 5.41 Å². The highest BCUT2D eigenvalue weighted by Crippen LogP contribution is 2.47. The Kier molecular flexibility index (Phi) is 8.39. The Bertz CT molecular complexity index is 1990. The third kappa shape index (κ3) is 6.51. The first-order chi connectivity index (χ1) is 22.0. The monoisotopic (exact) mass is 627 g/mol. The van der Waals surface area contributed by atoms with Crippen molar-refractivity contribution in [3.63, 3.8) is 0 Å². The fourth-order valence-corrected chi connectivity index (χ4v) is 8.83. The number of thioether (sulfide) groups is 1. The van der Waals surface area contributed by atoms with Crippen LogP contribution in [0.3, 0.4) is 0 Å². The second-order valence-electron chi connectivity index (χ2n) is 12.6. The number of fused-ring (bicyclic) bond motifs is 3. The van der Waals surface area contributed by atoms with Gasteiger partial charge in [0.25, 0.3) is 5.01 Å². The molecule has 0 bridgehead atoms. The zero-order chi connectivity index (χ0) is 30.8. The van der Waals surface area contributed by atoms with Crippen LogP contribution in [0.1, 0.15) is 38.6 Å². The Hall–Kier alpha value is -4.06. The van der Waals surface area contributed by atoms with Crippen molar-refractivity contribution >= 4 is 55.9 Å². The van der Waals surface area contributed by atoms with Crippen molar-refractivity contribution in [3.05, 3.63) is 136 Å². The number of allylic oxidation sites excluding steroid dienone is 6.